The Morgan fingerprint density at radius 1 is 1.42 bits per heavy atom. The lowest BCUT2D eigenvalue weighted by molar-refractivity contribution is -0.117. The van der Waals surface area contributed by atoms with Gasteiger partial charge in [-0.3, -0.25) is 4.79 Å². The second-order valence-electron chi connectivity index (χ2n) is 4.66. The van der Waals surface area contributed by atoms with Crippen molar-refractivity contribution >= 4 is 12.0 Å². The summed E-state index contributed by atoms with van der Waals surface area (Å²) < 4.78 is 5.08. The summed E-state index contributed by atoms with van der Waals surface area (Å²) in [5, 5.41) is 6.27. The van der Waals surface area contributed by atoms with E-state index in [-0.39, 0.29) is 11.9 Å². The maximum atomic E-state index is 11.8. The molecule has 1 fully saturated rings. The highest BCUT2D eigenvalue weighted by Crippen LogP contribution is 2.12. The Balaban J connectivity index is 1.84. The molecule has 0 saturated carbocycles. The summed E-state index contributed by atoms with van der Waals surface area (Å²) in [7, 11) is 1.64. The monoisotopic (exact) mass is 260 g/mol. The second kappa shape index (κ2) is 6.95. The molecule has 0 spiro atoms. The molecule has 1 aromatic carbocycles. The molecule has 1 aromatic rings. The smallest absolute Gasteiger partial charge is 0.244 e. The number of carbonyl (C=O) groups excluding carboxylic acids is 1. The molecular weight excluding hydrogens is 240 g/mol. The van der Waals surface area contributed by atoms with E-state index >= 15 is 0 Å². The van der Waals surface area contributed by atoms with Crippen molar-refractivity contribution in [2.45, 2.75) is 18.9 Å². The summed E-state index contributed by atoms with van der Waals surface area (Å²) in [5.74, 6) is 0.777. The molecule has 1 amide bonds. The predicted molar refractivity (Wildman–Crippen MR) is 76.1 cm³/mol. The predicted octanol–water partition coefficient (Wildman–Crippen LogP) is 1.58. The average molecular weight is 260 g/mol. The number of ether oxygens (including phenoxy) is 1. The number of hydrogen-bond donors (Lipinski definition) is 2. The number of piperidine rings is 1. The van der Waals surface area contributed by atoms with Gasteiger partial charge in [0.2, 0.25) is 5.91 Å². The molecule has 1 aliphatic rings. The lowest BCUT2D eigenvalue weighted by Crippen LogP contribution is -2.45. The van der Waals surface area contributed by atoms with Gasteiger partial charge in [0.1, 0.15) is 5.75 Å². The van der Waals surface area contributed by atoms with Gasteiger partial charge in [-0.25, -0.2) is 0 Å². The SMILES string of the molecule is COc1ccc(/C=C/C(=O)N[C@H]2CCCNC2)cc1. The van der Waals surface area contributed by atoms with Crippen LogP contribution in [0.5, 0.6) is 5.75 Å². The van der Waals surface area contributed by atoms with E-state index in [2.05, 4.69) is 10.6 Å². The molecule has 1 saturated heterocycles. The van der Waals surface area contributed by atoms with Gasteiger partial charge in [-0.05, 0) is 43.2 Å². The molecular formula is C15H20N2O2. The van der Waals surface area contributed by atoms with Crippen LogP contribution in [0.1, 0.15) is 18.4 Å². The first-order valence-electron chi connectivity index (χ1n) is 6.61. The second-order valence-corrected chi connectivity index (χ2v) is 4.66. The summed E-state index contributed by atoms with van der Waals surface area (Å²) in [6, 6.07) is 7.85. The molecule has 0 aliphatic carbocycles. The van der Waals surface area contributed by atoms with Gasteiger partial charge in [0.05, 0.1) is 7.11 Å². The molecule has 4 nitrogen and oxygen atoms in total. The number of hydrogen-bond acceptors (Lipinski definition) is 3. The maximum Gasteiger partial charge on any atom is 0.244 e. The Morgan fingerprint density at radius 3 is 2.84 bits per heavy atom. The number of amides is 1. The largest absolute Gasteiger partial charge is 0.497 e. The topological polar surface area (TPSA) is 50.4 Å². The van der Waals surface area contributed by atoms with Crippen molar-refractivity contribution in [1.29, 1.82) is 0 Å². The molecule has 0 radical (unpaired) electrons. The van der Waals surface area contributed by atoms with Gasteiger partial charge in [-0.1, -0.05) is 12.1 Å². The Kier molecular flexibility index (Phi) is 4.98. The van der Waals surface area contributed by atoms with E-state index in [1.54, 1.807) is 13.2 Å². The van der Waals surface area contributed by atoms with E-state index in [9.17, 15) is 4.79 Å². The third kappa shape index (κ3) is 4.41. The molecule has 1 aliphatic heterocycles. The van der Waals surface area contributed by atoms with Crippen molar-refractivity contribution in [1.82, 2.24) is 10.6 Å². The van der Waals surface area contributed by atoms with Crippen molar-refractivity contribution in [3.8, 4) is 5.75 Å². The van der Waals surface area contributed by atoms with Crippen LogP contribution >= 0.6 is 0 Å². The number of benzene rings is 1. The van der Waals surface area contributed by atoms with E-state index in [0.717, 1.165) is 37.2 Å². The molecule has 19 heavy (non-hydrogen) atoms. The molecule has 0 bridgehead atoms. The van der Waals surface area contributed by atoms with E-state index in [1.807, 2.05) is 30.3 Å². The minimum atomic E-state index is -0.0375. The summed E-state index contributed by atoms with van der Waals surface area (Å²) in [5.41, 5.74) is 0.984. The van der Waals surface area contributed by atoms with Crippen LogP contribution in [-0.4, -0.2) is 32.1 Å². The fraction of sp³-hybridized carbons (Fsp3) is 0.400. The molecule has 1 heterocycles. The molecule has 102 valence electrons. The first-order chi connectivity index (χ1) is 9.28. The van der Waals surface area contributed by atoms with Crippen molar-refractivity contribution in [3.63, 3.8) is 0 Å². The van der Waals surface area contributed by atoms with E-state index in [0.29, 0.717) is 0 Å². The third-order valence-electron chi connectivity index (χ3n) is 3.19. The Morgan fingerprint density at radius 2 is 2.21 bits per heavy atom. The van der Waals surface area contributed by atoms with Crippen LogP contribution < -0.4 is 15.4 Å². The standard InChI is InChI=1S/C15H20N2O2/c1-19-14-7-4-12(5-8-14)6-9-15(18)17-13-3-2-10-16-11-13/h4-9,13,16H,2-3,10-11H2,1H3,(H,17,18)/b9-6+/t13-/m0/s1. The first-order valence-corrected chi connectivity index (χ1v) is 6.61. The number of nitrogens with one attached hydrogen (secondary N) is 2. The van der Waals surface area contributed by atoms with Gasteiger partial charge in [-0.15, -0.1) is 0 Å². The molecule has 2 rings (SSSR count). The molecule has 0 unspecified atom stereocenters. The van der Waals surface area contributed by atoms with Gasteiger partial charge in [0.25, 0.3) is 0 Å². The van der Waals surface area contributed by atoms with Gasteiger partial charge < -0.3 is 15.4 Å². The van der Waals surface area contributed by atoms with Crippen molar-refractivity contribution in [2.24, 2.45) is 0 Å². The zero-order valence-electron chi connectivity index (χ0n) is 11.2. The lowest BCUT2D eigenvalue weighted by Gasteiger charge is -2.23. The minimum absolute atomic E-state index is 0.0375. The molecule has 2 N–H and O–H groups in total. The summed E-state index contributed by atoms with van der Waals surface area (Å²) in [4.78, 5) is 11.8. The van der Waals surface area contributed by atoms with Crippen LogP contribution in [-0.2, 0) is 4.79 Å². The quantitative estimate of drug-likeness (QED) is 0.808. The summed E-state index contributed by atoms with van der Waals surface area (Å²) in [6.45, 7) is 1.91. The van der Waals surface area contributed by atoms with Crippen LogP contribution in [0.4, 0.5) is 0 Å². The lowest BCUT2D eigenvalue weighted by atomic mass is 10.1. The van der Waals surface area contributed by atoms with Crippen molar-refractivity contribution in [3.05, 3.63) is 35.9 Å². The zero-order chi connectivity index (χ0) is 13.5. The fourth-order valence-corrected chi connectivity index (χ4v) is 2.11. The summed E-state index contributed by atoms with van der Waals surface area (Å²) >= 11 is 0. The molecule has 4 heteroatoms. The summed E-state index contributed by atoms with van der Waals surface area (Å²) in [6.07, 6.45) is 5.56. The Labute approximate surface area is 113 Å². The highest BCUT2D eigenvalue weighted by molar-refractivity contribution is 5.91. The maximum absolute atomic E-state index is 11.8. The van der Waals surface area contributed by atoms with Crippen molar-refractivity contribution < 1.29 is 9.53 Å². The number of methoxy groups -OCH3 is 1. The van der Waals surface area contributed by atoms with Crippen LogP contribution in [0.25, 0.3) is 6.08 Å². The van der Waals surface area contributed by atoms with Crippen LogP contribution in [0.3, 0.4) is 0 Å². The first kappa shape index (κ1) is 13.6. The average Bonchev–Trinajstić information content (AvgIpc) is 2.47. The van der Waals surface area contributed by atoms with Gasteiger partial charge in [0.15, 0.2) is 0 Å². The van der Waals surface area contributed by atoms with Crippen LogP contribution in [0.15, 0.2) is 30.3 Å². The van der Waals surface area contributed by atoms with E-state index in [4.69, 9.17) is 4.74 Å². The van der Waals surface area contributed by atoms with Gasteiger partial charge in [0, 0.05) is 18.7 Å². The Bertz CT molecular complexity index is 434. The van der Waals surface area contributed by atoms with Crippen LogP contribution in [0.2, 0.25) is 0 Å². The number of rotatable bonds is 4. The zero-order valence-corrected chi connectivity index (χ0v) is 11.2. The fourth-order valence-electron chi connectivity index (χ4n) is 2.11. The van der Waals surface area contributed by atoms with Gasteiger partial charge in [-0.2, -0.15) is 0 Å². The normalized spacial score (nSPS) is 19.3. The van der Waals surface area contributed by atoms with Crippen LogP contribution in [0, 0.1) is 0 Å². The molecule has 1 atom stereocenters. The third-order valence-corrected chi connectivity index (χ3v) is 3.19. The minimum Gasteiger partial charge on any atom is -0.497 e. The Hall–Kier alpha value is -1.81. The molecule has 0 aromatic heterocycles. The van der Waals surface area contributed by atoms with Gasteiger partial charge >= 0.3 is 0 Å². The highest BCUT2D eigenvalue weighted by Gasteiger charge is 2.13. The van der Waals surface area contributed by atoms with E-state index < -0.39 is 0 Å². The van der Waals surface area contributed by atoms with E-state index in [1.165, 1.54) is 0 Å². The number of carbonyl (C=O) groups is 1. The van der Waals surface area contributed by atoms with Crippen molar-refractivity contribution in [2.75, 3.05) is 20.2 Å². The highest BCUT2D eigenvalue weighted by atomic mass is 16.5.